The van der Waals surface area contributed by atoms with Gasteiger partial charge in [0.25, 0.3) is 0 Å². The van der Waals surface area contributed by atoms with Gasteiger partial charge in [0.2, 0.25) is 5.95 Å². The summed E-state index contributed by atoms with van der Waals surface area (Å²) >= 11 is 6.18. The topological polar surface area (TPSA) is 340 Å². The molecule has 0 bridgehead atoms. The molecule has 20 heterocycles. The van der Waals surface area contributed by atoms with Crippen molar-refractivity contribution in [3.63, 3.8) is 0 Å². The Bertz CT molecular complexity index is 6210. The van der Waals surface area contributed by atoms with Gasteiger partial charge < -0.3 is 39.1 Å². The highest BCUT2D eigenvalue weighted by Gasteiger charge is 2.38. The molecule has 4 fully saturated rings. The number of hydrogen-bond donors (Lipinski definition) is 5. The molecule has 16 aromatic heterocycles. The summed E-state index contributed by atoms with van der Waals surface area (Å²) < 4.78 is 143. The van der Waals surface area contributed by atoms with E-state index in [-0.39, 0.29) is 48.7 Å². The third-order valence-electron chi connectivity index (χ3n) is 21.6. The predicted molar refractivity (Wildman–Crippen MR) is 437 cm³/mol. The highest BCUT2D eigenvalue weighted by atomic mass is 35.5. The van der Waals surface area contributed by atoms with Crippen LogP contribution in [-0.2, 0) is 32.7 Å². The van der Waals surface area contributed by atoms with E-state index in [1.165, 1.54) is 50.0 Å². The van der Waals surface area contributed by atoms with Crippen molar-refractivity contribution in [3.05, 3.63) is 240 Å². The fraction of sp³-hybridized carbons (Fsp3) is 0.317. The number of imidazole rings is 4. The van der Waals surface area contributed by atoms with E-state index in [1.54, 1.807) is 74.0 Å². The van der Waals surface area contributed by atoms with Crippen molar-refractivity contribution < 1.29 is 53.7 Å². The summed E-state index contributed by atoms with van der Waals surface area (Å²) in [6, 6.07) is 18.6. The molecule has 0 amide bonds. The van der Waals surface area contributed by atoms with Crippen LogP contribution in [0.1, 0.15) is 109 Å². The Hall–Kier alpha value is -13.4. The Morgan fingerprint density at radius 1 is 0.395 bits per heavy atom. The number of H-pyrrole nitrogens is 4. The average molecular weight is 1730 g/mol. The molecule has 0 radical (unpaired) electrons. The van der Waals surface area contributed by atoms with Crippen molar-refractivity contribution in [1.29, 1.82) is 0 Å². The zero-order valence-corrected chi connectivity index (χ0v) is 68.0. The molecule has 0 spiro atoms. The summed E-state index contributed by atoms with van der Waals surface area (Å²) in [7, 11) is 0. The first-order valence-electron chi connectivity index (χ1n) is 39.4. The van der Waals surface area contributed by atoms with Crippen LogP contribution in [0, 0.1) is 13.8 Å². The van der Waals surface area contributed by atoms with Gasteiger partial charge in [-0.2, -0.15) is 59.9 Å². The molecule has 4 aliphatic rings. The number of halogens is 10. The largest absolute Gasteiger partial charge is 0.417 e. The van der Waals surface area contributed by atoms with E-state index in [9.17, 15) is 39.5 Å². The molecule has 4 aliphatic heterocycles. The van der Waals surface area contributed by atoms with Crippen LogP contribution >= 0.6 is 11.6 Å². The lowest BCUT2D eigenvalue weighted by atomic mass is 9.97. The van der Waals surface area contributed by atoms with Crippen LogP contribution in [0.2, 0.25) is 5.02 Å². The summed E-state index contributed by atoms with van der Waals surface area (Å²) in [5.41, 5.74) is 8.15. The van der Waals surface area contributed by atoms with Gasteiger partial charge >= 0.3 is 18.5 Å². The van der Waals surface area contributed by atoms with Crippen LogP contribution < -0.4 is 24.9 Å². The summed E-state index contributed by atoms with van der Waals surface area (Å²) in [5.74, 6) is 3.91. The molecule has 0 aromatic carbocycles. The maximum absolute atomic E-state index is 13.2. The lowest BCUT2D eigenvalue weighted by Crippen LogP contribution is -2.56. The third kappa shape index (κ3) is 17.7. The third-order valence-corrected chi connectivity index (χ3v) is 21.8. The number of aromatic amines is 4. The van der Waals surface area contributed by atoms with Crippen LogP contribution in [0.15, 0.2) is 184 Å². The van der Waals surface area contributed by atoms with Gasteiger partial charge in [-0.05, 0) is 121 Å². The number of nitrogens with one attached hydrogen (secondary N) is 5. The number of morpholine rings is 3. The van der Waals surface area contributed by atoms with E-state index in [0.29, 0.717) is 125 Å². The fourth-order valence-electron chi connectivity index (χ4n) is 15.6. The number of piperazine rings is 1. The molecule has 0 saturated carbocycles. The van der Waals surface area contributed by atoms with E-state index in [4.69, 9.17) is 30.8 Å². The average Bonchev–Trinajstić information content (AvgIpc) is 1.34. The molecule has 5 N–H and O–H groups in total. The first-order valence-corrected chi connectivity index (χ1v) is 39.7. The summed E-state index contributed by atoms with van der Waals surface area (Å²) in [5, 5.41) is 32.1. The van der Waals surface area contributed by atoms with Crippen molar-refractivity contribution in [2.45, 2.75) is 122 Å². The number of rotatable bonds is 12. The van der Waals surface area contributed by atoms with Crippen LogP contribution in [0.3, 0.4) is 0 Å². The number of fused-ring (bicyclic) bond motifs is 4. The van der Waals surface area contributed by atoms with Gasteiger partial charge in [-0.1, -0.05) is 11.6 Å². The Morgan fingerprint density at radius 2 is 0.806 bits per heavy atom. The second-order valence-corrected chi connectivity index (χ2v) is 30.9. The van der Waals surface area contributed by atoms with E-state index >= 15 is 0 Å². The molecule has 124 heavy (non-hydrogen) atoms. The monoisotopic (exact) mass is 1720 g/mol. The number of aromatic nitrogens is 24. The quantitative estimate of drug-likeness (QED) is 0.0709. The first-order chi connectivity index (χ1) is 59.6. The highest BCUT2D eigenvalue weighted by molar-refractivity contribution is 6.30. The van der Waals surface area contributed by atoms with Gasteiger partial charge in [0.05, 0.1) is 127 Å². The molecular weight excluding hydrogens is 1650 g/mol. The molecule has 42 heteroatoms. The minimum Gasteiger partial charge on any atom is -0.367 e. The van der Waals surface area contributed by atoms with E-state index in [1.807, 2.05) is 80.7 Å². The number of ether oxygens (including phenoxy) is 3. The SMILES string of the molecule is CC1CN(c2ccnc(-c3cnc4ccc(Cl)cn34)n2)C(C)C(c2cn[nH]c2)N1.C[C@@H]1CN(c2nccc(-c3cnc4ccc(C(F)(F)F)cn34)n2)C[C@H](c2cn[nH]c2)O1.Cc1[nH]ncc1[C@H]1CN(c2ccnc(-c3cnc4ccc(C(F)(F)F)cn34)n2)C[C@@H](C)O1.Cc1[nH]ncc1[C@H]1CN(c2ccnc(-c3cnc4ccc(C(F)(F)F)cn34)n2)C[C@@H](C)O1. The van der Waals surface area contributed by atoms with Crippen molar-refractivity contribution in [2.75, 3.05) is 65.4 Å². The molecule has 640 valence electrons. The second-order valence-electron chi connectivity index (χ2n) is 30.5. The standard InChI is InChI=1S/2C21H20F3N7O.C20H21ClN8.C20H18F3N7O/c2*1-12-9-30(11-17(32-12)15-7-27-29-13(15)2)19-5-6-25-20(28-19)16-8-26-18-4-3-14(10-31(16)18)21(22,23)24;1-12-10-28(13(2)19(26-12)14-7-24-25-8-14)18-5-6-22-20(27-18)16-9-23-17-4-3-15(21)11-29(16)17;1-12-9-29(11-17(31-12)13-6-26-27-7-13)19-24-5-4-15(28-19)16-8-25-18-3-2-14(10-30(16)18)20(21,22)23/h2*3-8,10,12,17H,9,11H2,1-2H3,(H,27,29);3-9,11-13,19,26H,10H2,1-2H3,(H,24,25);2-8,10,12,17H,9,11H2,1H3,(H,26,27)/t2*12-,17-;;12-,17-/m11.1/s1. The normalized spacial score (nSPS) is 20.3. The lowest BCUT2D eigenvalue weighted by Gasteiger charge is -2.43. The summed E-state index contributed by atoms with van der Waals surface area (Å²) in [6.07, 6.45) is 14.5. The Morgan fingerprint density at radius 3 is 1.27 bits per heavy atom. The zero-order chi connectivity index (χ0) is 86.5. The number of aryl methyl sites for hydroxylation is 2. The van der Waals surface area contributed by atoms with Crippen molar-refractivity contribution in [2.24, 2.45) is 0 Å². The Labute approximate surface area is 704 Å². The number of hydrogen-bond acceptors (Lipinski definition) is 24. The van der Waals surface area contributed by atoms with Gasteiger partial charge in [0.1, 0.15) is 75.4 Å². The van der Waals surface area contributed by atoms with Gasteiger partial charge in [-0.3, -0.25) is 38.0 Å². The Kier molecular flexibility index (Phi) is 22.8. The molecule has 9 atom stereocenters. The fourth-order valence-corrected chi connectivity index (χ4v) is 15.8. The Balaban J connectivity index is 0.000000117. The van der Waals surface area contributed by atoms with Crippen LogP contribution in [-0.4, -0.2) is 194 Å². The summed E-state index contributed by atoms with van der Waals surface area (Å²) in [6.45, 7) is 18.5. The molecule has 3 unspecified atom stereocenters. The maximum atomic E-state index is 13.2. The number of nitrogens with zero attached hydrogens (tertiary/aromatic N) is 24. The van der Waals surface area contributed by atoms with Crippen molar-refractivity contribution in [1.82, 2.24) is 124 Å². The molecule has 20 rings (SSSR count). The van der Waals surface area contributed by atoms with E-state index in [0.717, 1.165) is 94.1 Å². The van der Waals surface area contributed by atoms with Crippen LogP contribution in [0.5, 0.6) is 0 Å². The van der Waals surface area contributed by atoms with Crippen LogP contribution in [0.4, 0.5) is 62.9 Å². The maximum Gasteiger partial charge on any atom is 0.417 e. The van der Waals surface area contributed by atoms with Gasteiger partial charge in [0, 0.05) is 134 Å². The number of anilines is 4. The molecule has 0 aliphatic carbocycles. The lowest BCUT2D eigenvalue weighted by molar-refractivity contribution is -0.138. The van der Waals surface area contributed by atoms with E-state index < -0.39 is 35.2 Å². The number of pyridine rings is 4. The van der Waals surface area contributed by atoms with Gasteiger partial charge in [-0.25, -0.2) is 59.8 Å². The minimum atomic E-state index is -4.46. The molecular formula is C82H79ClF9N29O3. The van der Waals surface area contributed by atoms with Crippen molar-refractivity contribution >= 4 is 57.6 Å². The highest BCUT2D eigenvalue weighted by Crippen LogP contribution is 2.39. The minimum absolute atomic E-state index is 0.0494. The smallest absolute Gasteiger partial charge is 0.367 e. The van der Waals surface area contributed by atoms with Crippen molar-refractivity contribution in [3.8, 4) is 45.9 Å². The van der Waals surface area contributed by atoms with Gasteiger partial charge in [-0.15, -0.1) is 0 Å². The van der Waals surface area contributed by atoms with Gasteiger partial charge in [0.15, 0.2) is 17.5 Å². The first kappa shape index (κ1) is 82.9. The summed E-state index contributed by atoms with van der Waals surface area (Å²) in [4.78, 5) is 61.8. The molecule has 16 aromatic rings. The molecule has 4 saturated heterocycles. The van der Waals surface area contributed by atoms with Crippen LogP contribution in [0.25, 0.3) is 68.5 Å². The second kappa shape index (κ2) is 34.1. The predicted octanol–water partition coefficient (Wildman–Crippen LogP) is 14.2. The molecule has 32 nitrogen and oxygen atoms in total. The van der Waals surface area contributed by atoms with E-state index in [2.05, 4.69) is 129 Å². The zero-order valence-electron chi connectivity index (χ0n) is 67.2. The number of alkyl halides is 9.